The number of para-hydroxylation sites is 1. The number of hydrogen-bond acceptors (Lipinski definition) is 4. The number of quaternary nitrogens is 1. The van der Waals surface area contributed by atoms with E-state index in [9.17, 15) is 9.90 Å². The van der Waals surface area contributed by atoms with Gasteiger partial charge in [0.25, 0.3) is 0 Å². The molecule has 1 atom stereocenters. The largest absolute Gasteiger partial charge is 0.545 e. The number of benzene rings is 2. The second-order valence-corrected chi connectivity index (χ2v) is 7.75. The number of aromatic nitrogens is 1. The van der Waals surface area contributed by atoms with Crippen LogP contribution in [-0.2, 0) is 6.54 Å². The Morgan fingerprint density at radius 3 is 2.59 bits per heavy atom. The number of likely N-dealkylation sites (N-methyl/N-ethyl adjacent to an activating group) is 1. The van der Waals surface area contributed by atoms with Crippen LogP contribution in [0.3, 0.4) is 0 Å². The molecule has 2 heterocycles. The van der Waals surface area contributed by atoms with Crippen LogP contribution in [-0.4, -0.2) is 30.8 Å². The van der Waals surface area contributed by atoms with E-state index in [0.29, 0.717) is 17.4 Å². The van der Waals surface area contributed by atoms with Gasteiger partial charge in [-0.1, -0.05) is 30.3 Å². The first-order valence-corrected chi connectivity index (χ1v) is 10.1. The molecule has 0 amide bonds. The molecule has 27 heavy (non-hydrogen) atoms. The first kappa shape index (κ1) is 17.8. The summed E-state index contributed by atoms with van der Waals surface area (Å²) in [5.41, 5.74) is 4.67. The Balaban J connectivity index is 1.93. The monoisotopic (exact) mass is 376 g/mol. The third-order valence-electron chi connectivity index (χ3n) is 4.93. The van der Waals surface area contributed by atoms with Crippen LogP contribution in [0.25, 0.3) is 22.6 Å². The molecular weight excluding hydrogens is 356 g/mol. The average molecular weight is 376 g/mol. The highest BCUT2D eigenvalue weighted by atomic mass is 32.2. The number of rotatable bonds is 3. The minimum absolute atomic E-state index is 0.276. The molecule has 4 rings (SSSR count). The van der Waals surface area contributed by atoms with Gasteiger partial charge in [0.1, 0.15) is 13.1 Å². The van der Waals surface area contributed by atoms with Crippen LogP contribution in [0, 0.1) is 0 Å². The molecule has 0 radical (unpaired) electrons. The minimum atomic E-state index is -1.14. The first-order valence-electron chi connectivity index (χ1n) is 8.86. The lowest BCUT2D eigenvalue weighted by atomic mass is 9.92. The van der Waals surface area contributed by atoms with Gasteiger partial charge in [-0.2, -0.15) is 0 Å². The number of fused-ring (bicyclic) bond motifs is 2. The Morgan fingerprint density at radius 2 is 1.89 bits per heavy atom. The molecule has 1 aliphatic rings. The van der Waals surface area contributed by atoms with Gasteiger partial charge in [-0.15, -0.1) is 11.8 Å². The van der Waals surface area contributed by atoms with Crippen molar-refractivity contribution in [2.45, 2.75) is 11.4 Å². The van der Waals surface area contributed by atoms with E-state index in [-0.39, 0.29) is 5.56 Å². The minimum Gasteiger partial charge on any atom is -0.545 e. The van der Waals surface area contributed by atoms with Crippen LogP contribution < -0.4 is 10.0 Å². The van der Waals surface area contributed by atoms with Crippen molar-refractivity contribution in [3.8, 4) is 0 Å². The number of hydrogen-bond donors (Lipinski definition) is 1. The number of nitrogens with one attached hydrogen (secondary N) is 1. The Kier molecular flexibility index (Phi) is 4.72. The summed E-state index contributed by atoms with van der Waals surface area (Å²) in [7, 11) is 2.07. The van der Waals surface area contributed by atoms with Crippen molar-refractivity contribution in [1.82, 2.24) is 4.98 Å². The van der Waals surface area contributed by atoms with E-state index in [1.807, 2.05) is 24.3 Å². The molecule has 1 aromatic heterocycles. The highest BCUT2D eigenvalue weighted by Gasteiger charge is 2.27. The van der Waals surface area contributed by atoms with Crippen molar-refractivity contribution in [3.05, 3.63) is 70.9 Å². The van der Waals surface area contributed by atoms with E-state index < -0.39 is 5.97 Å². The normalized spacial score (nSPS) is 17.9. The first-order chi connectivity index (χ1) is 13.1. The standard InChI is InChI=1S/C22H20N2O2S/c1-24-12-15(11-14-7-9-16(27-2)10-8-14)21-18(13-24)20(22(25)26)17-5-3-4-6-19(17)23-21/h3-11H,12-13H2,1-2H3,(H,25,26)/b15-11+. The number of pyridine rings is 1. The molecule has 0 spiro atoms. The summed E-state index contributed by atoms with van der Waals surface area (Å²) >= 11 is 1.71. The van der Waals surface area contributed by atoms with Gasteiger partial charge in [-0.3, -0.25) is 0 Å². The third kappa shape index (κ3) is 3.36. The molecule has 0 saturated heterocycles. The molecular formula is C22H20N2O2S. The summed E-state index contributed by atoms with van der Waals surface area (Å²) in [5.74, 6) is -1.14. The maximum Gasteiger partial charge on any atom is 0.106 e. The number of nitrogens with zero attached hydrogens (tertiary/aromatic N) is 1. The van der Waals surface area contributed by atoms with Gasteiger partial charge in [0.2, 0.25) is 0 Å². The van der Waals surface area contributed by atoms with E-state index in [1.165, 1.54) is 9.80 Å². The number of carbonyl (C=O) groups excluding carboxylic acids is 1. The third-order valence-corrected chi connectivity index (χ3v) is 5.67. The lowest BCUT2D eigenvalue weighted by Crippen LogP contribution is -3.08. The molecule has 4 nitrogen and oxygen atoms in total. The van der Waals surface area contributed by atoms with Gasteiger partial charge in [-0.05, 0) is 36.1 Å². The molecule has 0 bridgehead atoms. The van der Waals surface area contributed by atoms with Crippen molar-refractivity contribution < 1.29 is 14.8 Å². The molecule has 5 heteroatoms. The summed E-state index contributed by atoms with van der Waals surface area (Å²) in [6.45, 7) is 1.42. The predicted octanol–water partition coefficient (Wildman–Crippen LogP) is 1.89. The predicted molar refractivity (Wildman–Crippen MR) is 108 cm³/mol. The van der Waals surface area contributed by atoms with Crippen molar-refractivity contribution in [2.24, 2.45) is 0 Å². The van der Waals surface area contributed by atoms with Crippen molar-refractivity contribution >= 4 is 40.3 Å². The SMILES string of the molecule is CSc1ccc(/C=C2\C[NH+](C)Cc3c2nc2ccccc2c3C(=O)[O-])cc1. The number of aromatic carboxylic acids is 1. The van der Waals surface area contributed by atoms with Gasteiger partial charge < -0.3 is 14.8 Å². The van der Waals surface area contributed by atoms with Crippen LogP contribution in [0.2, 0.25) is 0 Å². The van der Waals surface area contributed by atoms with Crippen LogP contribution in [0.4, 0.5) is 0 Å². The van der Waals surface area contributed by atoms with Gasteiger partial charge in [0.05, 0.1) is 24.2 Å². The van der Waals surface area contributed by atoms with Crippen LogP contribution in [0.1, 0.15) is 27.2 Å². The summed E-state index contributed by atoms with van der Waals surface area (Å²) in [4.78, 5) is 19.2. The quantitative estimate of drug-likeness (QED) is 0.710. The van der Waals surface area contributed by atoms with Crippen LogP contribution >= 0.6 is 11.8 Å². The van der Waals surface area contributed by atoms with E-state index in [4.69, 9.17) is 4.98 Å². The topological polar surface area (TPSA) is 57.5 Å². The molecule has 0 fully saturated rings. The smallest absolute Gasteiger partial charge is 0.106 e. The van der Waals surface area contributed by atoms with E-state index >= 15 is 0 Å². The summed E-state index contributed by atoms with van der Waals surface area (Å²) in [6.07, 6.45) is 4.17. The van der Waals surface area contributed by atoms with E-state index in [1.54, 1.807) is 11.8 Å². The molecule has 1 unspecified atom stereocenters. The molecule has 2 aromatic carbocycles. The Labute approximate surface area is 162 Å². The van der Waals surface area contributed by atoms with Crippen molar-refractivity contribution in [2.75, 3.05) is 19.8 Å². The fourth-order valence-electron chi connectivity index (χ4n) is 3.72. The molecule has 1 N–H and O–H groups in total. The zero-order valence-electron chi connectivity index (χ0n) is 15.3. The van der Waals surface area contributed by atoms with Crippen molar-refractivity contribution in [3.63, 3.8) is 0 Å². The van der Waals surface area contributed by atoms with Gasteiger partial charge in [0.15, 0.2) is 0 Å². The highest BCUT2D eigenvalue weighted by molar-refractivity contribution is 7.98. The van der Waals surface area contributed by atoms with Crippen LogP contribution in [0.15, 0.2) is 53.4 Å². The Hall–Kier alpha value is -2.63. The molecule has 3 aromatic rings. The number of thioether (sulfide) groups is 1. The van der Waals surface area contributed by atoms with Gasteiger partial charge in [-0.25, -0.2) is 4.98 Å². The van der Waals surface area contributed by atoms with E-state index in [2.05, 4.69) is 43.6 Å². The number of carbonyl (C=O) groups is 1. The van der Waals surface area contributed by atoms with Gasteiger partial charge >= 0.3 is 0 Å². The summed E-state index contributed by atoms with van der Waals surface area (Å²) in [6, 6.07) is 15.8. The molecule has 136 valence electrons. The van der Waals surface area contributed by atoms with Crippen LogP contribution in [0.5, 0.6) is 0 Å². The number of carboxylic acids is 1. The van der Waals surface area contributed by atoms with E-state index in [0.717, 1.165) is 28.9 Å². The highest BCUT2D eigenvalue weighted by Crippen LogP contribution is 2.29. The maximum atomic E-state index is 12.0. The molecule has 0 aliphatic carbocycles. The Morgan fingerprint density at radius 1 is 1.15 bits per heavy atom. The molecule has 0 saturated carbocycles. The molecule has 1 aliphatic heterocycles. The maximum absolute atomic E-state index is 12.0. The Bertz CT molecular complexity index is 1060. The number of carboxylic acid groups (broad SMARTS) is 1. The lowest BCUT2D eigenvalue weighted by Gasteiger charge is -2.27. The fourth-order valence-corrected chi connectivity index (χ4v) is 4.12. The zero-order valence-corrected chi connectivity index (χ0v) is 16.1. The fraction of sp³-hybridized carbons (Fsp3) is 0.182. The lowest BCUT2D eigenvalue weighted by molar-refractivity contribution is -0.887. The zero-order chi connectivity index (χ0) is 19.0. The average Bonchev–Trinajstić information content (AvgIpc) is 2.66. The second-order valence-electron chi connectivity index (χ2n) is 6.87. The van der Waals surface area contributed by atoms with Crippen molar-refractivity contribution in [1.29, 1.82) is 0 Å². The summed E-state index contributed by atoms with van der Waals surface area (Å²) in [5, 5.41) is 12.6. The van der Waals surface area contributed by atoms with Gasteiger partial charge in [0, 0.05) is 27.0 Å². The second kappa shape index (κ2) is 7.18. The summed E-state index contributed by atoms with van der Waals surface area (Å²) < 4.78 is 0.